The van der Waals surface area contributed by atoms with Crippen LogP contribution in [0.5, 0.6) is 0 Å². The fourth-order valence-electron chi connectivity index (χ4n) is 2.58. The first-order valence-electron chi connectivity index (χ1n) is 6.74. The van der Waals surface area contributed by atoms with Crippen molar-refractivity contribution in [2.45, 2.75) is 26.3 Å². The largest absolute Gasteiger partial charge is 0.477 e. The topological polar surface area (TPSA) is 124 Å². The lowest BCUT2D eigenvalue weighted by atomic mass is 9.90. The first-order valence-corrected chi connectivity index (χ1v) is 7.95. The van der Waals surface area contributed by atoms with Crippen molar-refractivity contribution < 1.29 is 28.8 Å². The highest BCUT2D eigenvalue weighted by Crippen LogP contribution is 2.44. The molecule has 0 bridgehead atoms. The Morgan fingerprint density at radius 1 is 1.43 bits per heavy atom. The van der Waals surface area contributed by atoms with Gasteiger partial charge in [-0.05, 0) is 12.5 Å². The summed E-state index contributed by atoms with van der Waals surface area (Å²) in [5.41, 5.74) is 0.547. The number of aliphatic hydroxyl groups is 1. The molecule has 0 aromatic carbocycles. The van der Waals surface area contributed by atoms with Crippen LogP contribution in [0.3, 0.4) is 0 Å². The fourth-order valence-corrected chi connectivity index (χ4v) is 3.64. The van der Waals surface area contributed by atoms with Gasteiger partial charge in [-0.15, -0.1) is 0 Å². The number of carboxylic acid groups (broad SMARTS) is 1. The molecule has 2 amide bonds. The summed E-state index contributed by atoms with van der Waals surface area (Å²) < 4.78 is 12.3. The van der Waals surface area contributed by atoms with E-state index in [0.717, 1.165) is 10.3 Å². The first-order chi connectivity index (χ1) is 10.8. The molecule has 1 unspecified atom stereocenters. The van der Waals surface area contributed by atoms with Gasteiger partial charge in [-0.3, -0.25) is 14.5 Å². The summed E-state index contributed by atoms with van der Waals surface area (Å²) in [6.45, 7) is 2.58. The van der Waals surface area contributed by atoms with Gasteiger partial charge in [0, 0.05) is 30.5 Å². The molecule has 0 aromatic rings. The zero-order valence-electron chi connectivity index (χ0n) is 12.5. The van der Waals surface area contributed by atoms with Crippen LogP contribution in [0.25, 0.3) is 0 Å². The molecule has 2 aliphatic heterocycles. The minimum Gasteiger partial charge on any atom is -0.477 e. The monoisotopic (exact) mass is 340 g/mol. The number of nitrogens with zero attached hydrogens (tertiary/aromatic N) is 1. The Balaban J connectivity index is 2.32. The van der Waals surface area contributed by atoms with E-state index in [1.165, 1.54) is 13.1 Å². The predicted octanol–water partition coefficient (Wildman–Crippen LogP) is -0.438. The number of carbonyl (C=O) groups excluding carboxylic acids is 2. The maximum atomic E-state index is 12.3. The maximum Gasteiger partial charge on any atom is 0.353 e. The molecule has 2 heterocycles. The van der Waals surface area contributed by atoms with E-state index < -0.39 is 28.7 Å². The summed E-state index contributed by atoms with van der Waals surface area (Å²) in [5.74, 6) is -2.17. The van der Waals surface area contributed by atoms with Crippen LogP contribution in [0.1, 0.15) is 20.3 Å². The van der Waals surface area contributed by atoms with Crippen LogP contribution in [0, 0.1) is 0 Å². The number of rotatable bonds is 5. The summed E-state index contributed by atoms with van der Waals surface area (Å²) in [6, 6.07) is -0.506. The molecule has 2 rings (SSSR count). The quantitative estimate of drug-likeness (QED) is 0.460. The molecule has 8 nitrogen and oxygen atoms in total. The normalized spacial score (nSPS) is 23.7. The van der Waals surface area contributed by atoms with Crippen molar-refractivity contribution in [2.24, 2.45) is 0 Å². The van der Waals surface area contributed by atoms with Gasteiger partial charge in [-0.25, -0.2) is 9.00 Å². The number of aliphatic hydroxyl groups excluding tert-OH is 1. The van der Waals surface area contributed by atoms with Crippen LogP contribution < -0.4 is 5.32 Å². The first kappa shape index (κ1) is 17.1. The lowest BCUT2D eigenvalue weighted by Crippen LogP contribution is -2.53. The van der Waals surface area contributed by atoms with Crippen LogP contribution in [-0.2, 0) is 25.2 Å². The highest BCUT2D eigenvalue weighted by atomic mass is 32.2. The molecule has 0 aliphatic carbocycles. The van der Waals surface area contributed by atoms with Crippen LogP contribution >= 0.6 is 0 Å². The number of amides is 2. The van der Waals surface area contributed by atoms with Gasteiger partial charge in [-0.2, -0.15) is 0 Å². The van der Waals surface area contributed by atoms with Gasteiger partial charge in [0.1, 0.15) is 5.70 Å². The zero-order chi connectivity index (χ0) is 17.3. The lowest BCUT2D eigenvalue weighted by molar-refractivity contribution is -0.142. The number of fused-ring (bicyclic) bond motifs is 1. The van der Waals surface area contributed by atoms with Gasteiger partial charge in [0.2, 0.25) is 5.91 Å². The van der Waals surface area contributed by atoms with Gasteiger partial charge in [0.25, 0.3) is 5.91 Å². The zero-order valence-corrected chi connectivity index (χ0v) is 13.3. The lowest BCUT2D eigenvalue weighted by Gasteiger charge is -2.39. The van der Waals surface area contributed by atoms with E-state index in [-0.39, 0.29) is 29.5 Å². The van der Waals surface area contributed by atoms with Crippen molar-refractivity contribution in [3.8, 4) is 0 Å². The molecular weight excluding hydrogens is 324 g/mol. The van der Waals surface area contributed by atoms with Crippen molar-refractivity contribution >= 4 is 28.6 Å². The SMILES string of the molecule is CC(=O)N/C=C/S(=O)C1=C(C(=O)O)N2C(=O)/C(=C(\C)CO)[C@H]2C1. The number of hydrogen-bond acceptors (Lipinski definition) is 5. The van der Waals surface area contributed by atoms with Gasteiger partial charge in [-0.1, -0.05) is 0 Å². The molecule has 2 atom stereocenters. The van der Waals surface area contributed by atoms with Crippen LogP contribution in [0.4, 0.5) is 0 Å². The molecule has 3 N–H and O–H groups in total. The van der Waals surface area contributed by atoms with Gasteiger partial charge >= 0.3 is 5.97 Å². The average molecular weight is 340 g/mol. The number of carbonyl (C=O) groups is 3. The smallest absolute Gasteiger partial charge is 0.353 e. The van der Waals surface area contributed by atoms with Crippen molar-refractivity contribution in [3.05, 3.63) is 33.4 Å². The second kappa shape index (κ2) is 6.47. The van der Waals surface area contributed by atoms with Gasteiger partial charge < -0.3 is 15.5 Å². The van der Waals surface area contributed by atoms with E-state index in [4.69, 9.17) is 5.11 Å². The van der Waals surface area contributed by atoms with E-state index in [9.17, 15) is 23.7 Å². The van der Waals surface area contributed by atoms with Crippen molar-refractivity contribution in [3.63, 3.8) is 0 Å². The van der Waals surface area contributed by atoms with E-state index in [1.54, 1.807) is 6.92 Å². The minimum absolute atomic E-state index is 0.109. The number of aliphatic carboxylic acids is 1. The molecule has 0 aromatic heterocycles. The Bertz CT molecular complexity index is 706. The Morgan fingerprint density at radius 2 is 2.09 bits per heavy atom. The highest BCUT2D eigenvalue weighted by molar-refractivity contribution is 7.91. The maximum absolute atomic E-state index is 12.3. The Hall–Kier alpha value is -2.26. The highest BCUT2D eigenvalue weighted by Gasteiger charge is 2.53. The Morgan fingerprint density at radius 3 is 2.61 bits per heavy atom. The van der Waals surface area contributed by atoms with E-state index in [1.807, 2.05) is 0 Å². The molecule has 0 saturated carbocycles. The second-order valence-corrected chi connectivity index (χ2v) is 6.48. The van der Waals surface area contributed by atoms with Gasteiger partial charge in [0.05, 0.1) is 28.4 Å². The van der Waals surface area contributed by atoms with Crippen LogP contribution in [-0.4, -0.2) is 49.8 Å². The average Bonchev–Trinajstić information content (AvgIpc) is 2.82. The minimum atomic E-state index is -1.78. The molecule has 23 heavy (non-hydrogen) atoms. The Kier molecular flexibility index (Phi) is 4.81. The van der Waals surface area contributed by atoms with Crippen LogP contribution in [0.2, 0.25) is 0 Å². The third kappa shape index (κ3) is 2.97. The summed E-state index contributed by atoms with van der Waals surface area (Å²) in [6.07, 6.45) is 1.30. The number of β-lactam (4-membered cyclic amide) rings is 1. The molecular formula is C14H16N2O6S. The molecule has 2 aliphatic rings. The second-order valence-electron chi connectivity index (χ2n) is 5.12. The van der Waals surface area contributed by atoms with E-state index in [0.29, 0.717) is 11.1 Å². The van der Waals surface area contributed by atoms with Crippen molar-refractivity contribution in [2.75, 3.05) is 6.61 Å². The fraction of sp³-hybridized carbons (Fsp3) is 0.357. The number of carboxylic acids is 1. The molecule has 0 spiro atoms. The molecule has 9 heteroatoms. The van der Waals surface area contributed by atoms with Crippen molar-refractivity contribution in [1.82, 2.24) is 10.2 Å². The summed E-state index contributed by atoms with van der Waals surface area (Å²) in [4.78, 5) is 35.5. The molecule has 1 fully saturated rings. The Labute approximate surface area is 134 Å². The third-order valence-electron chi connectivity index (χ3n) is 3.60. The standard InChI is InChI=1S/C14H16N2O6S/c1-7(6-17)11-9-5-10(23(22)4-3-15-8(2)18)12(14(20)21)16(9)13(11)19/h3-4,9,17H,5-6H2,1-2H3,(H,15,18)(H,20,21)/b4-3+,11-7+/t9-,23?/m1/s1. The predicted molar refractivity (Wildman–Crippen MR) is 80.8 cm³/mol. The number of nitrogens with one attached hydrogen (secondary N) is 1. The van der Waals surface area contributed by atoms with E-state index >= 15 is 0 Å². The van der Waals surface area contributed by atoms with Crippen molar-refractivity contribution in [1.29, 1.82) is 0 Å². The van der Waals surface area contributed by atoms with E-state index in [2.05, 4.69) is 5.32 Å². The summed E-state index contributed by atoms with van der Waals surface area (Å²) in [5, 5.41) is 22.0. The number of hydrogen-bond donors (Lipinski definition) is 3. The van der Waals surface area contributed by atoms with Crippen LogP contribution in [0.15, 0.2) is 33.4 Å². The molecule has 1 saturated heterocycles. The van der Waals surface area contributed by atoms with Gasteiger partial charge in [0.15, 0.2) is 0 Å². The summed E-state index contributed by atoms with van der Waals surface area (Å²) in [7, 11) is -1.78. The molecule has 0 radical (unpaired) electrons. The molecule has 124 valence electrons. The third-order valence-corrected chi connectivity index (χ3v) is 4.83. The summed E-state index contributed by atoms with van der Waals surface area (Å²) >= 11 is 0.